The first kappa shape index (κ1) is 19.2. The lowest BCUT2D eigenvalue weighted by Crippen LogP contribution is -2.50. The summed E-state index contributed by atoms with van der Waals surface area (Å²) < 4.78 is 16.5. The molecule has 4 heterocycles. The van der Waals surface area contributed by atoms with Crippen LogP contribution in [0.15, 0.2) is 24.5 Å². The SMILES string of the molecule is CC(C)(C)OC(=O)N1CCN(c2nccc(-c3cnc4c(c3)OCCO4)n2)CC1. The molecule has 0 aromatic carbocycles. The Morgan fingerprint density at radius 1 is 1.10 bits per heavy atom. The number of amides is 1. The second-order valence-corrected chi connectivity index (χ2v) is 7.92. The van der Waals surface area contributed by atoms with Crippen molar-refractivity contribution in [3.05, 3.63) is 24.5 Å². The van der Waals surface area contributed by atoms with Gasteiger partial charge in [0.2, 0.25) is 5.95 Å². The van der Waals surface area contributed by atoms with E-state index < -0.39 is 5.60 Å². The molecule has 0 aliphatic carbocycles. The molecule has 29 heavy (non-hydrogen) atoms. The molecule has 0 saturated carbocycles. The molecule has 1 fully saturated rings. The number of hydrogen-bond acceptors (Lipinski definition) is 8. The van der Waals surface area contributed by atoms with Gasteiger partial charge in [0.15, 0.2) is 5.75 Å². The van der Waals surface area contributed by atoms with E-state index in [2.05, 4.69) is 19.9 Å². The van der Waals surface area contributed by atoms with Crippen LogP contribution in [0.1, 0.15) is 20.8 Å². The number of rotatable bonds is 2. The first-order chi connectivity index (χ1) is 13.9. The quantitative estimate of drug-likeness (QED) is 0.760. The zero-order chi connectivity index (χ0) is 20.4. The number of hydrogen-bond donors (Lipinski definition) is 0. The standard InChI is InChI=1S/C20H25N5O4/c1-20(2,3)29-19(26)25-8-6-24(7-9-25)18-21-5-4-15(23-18)14-12-16-17(22-13-14)28-11-10-27-16/h4-5,12-13H,6-11H2,1-3H3. The van der Waals surface area contributed by atoms with Crippen LogP contribution in [0.25, 0.3) is 11.3 Å². The highest BCUT2D eigenvalue weighted by Crippen LogP contribution is 2.31. The van der Waals surface area contributed by atoms with Crippen molar-refractivity contribution < 1.29 is 19.0 Å². The van der Waals surface area contributed by atoms with E-state index in [0.29, 0.717) is 57.0 Å². The van der Waals surface area contributed by atoms with Crippen LogP contribution in [0.4, 0.5) is 10.7 Å². The van der Waals surface area contributed by atoms with Gasteiger partial charge in [0, 0.05) is 44.1 Å². The van der Waals surface area contributed by atoms with E-state index >= 15 is 0 Å². The van der Waals surface area contributed by atoms with E-state index in [4.69, 9.17) is 14.2 Å². The number of piperazine rings is 1. The molecule has 2 aromatic rings. The lowest BCUT2D eigenvalue weighted by atomic mass is 10.2. The molecular formula is C20H25N5O4. The normalized spacial score (nSPS) is 16.5. The number of pyridine rings is 1. The summed E-state index contributed by atoms with van der Waals surface area (Å²) >= 11 is 0. The molecule has 0 unspecified atom stereocenters. The Kier molecular flexibility index (Phi) is 5.12. The number of carbonyl (C=O) groups excluding carboxylic acids is 1. The Balaban J connectivity index is 1.44. The average molecular weight is 399 g/mol. The maximum absolute atomic E-state index is 12.2. The first-order valence-electron chi connectivity index (χ1n) is 9.71. The molecule has 9 nitrogen and oxygen atoms in total. The molecule has 0 N–H and O–H groups in total. The van der Waals surface area contributed by atoms with E-state index in [1.165, 1.54) is 0 Å². The number of nitrogens with zero attached hydrogens (tertiary/aromatic N) is 5. The van der Waals surface area contributed by atoms with Crippen LogP contribution >= 0.6 is 0 Å². The second-order valence-electron chi connectivity index (χ2n) is 7.92. The minimum absolute atomic E-state index is 0.283. The Hall–Kier alpha value is -3.10. The second kappa shape index (κ2) is 7.73. The van der Waals surface area contributed by atoms with Crippen LogP contribution in [0.2, 0.25) is 0 Å². The number of ether oxygens (including phenoxy) is 3. The fraction of sp³-hybridized carbons (Fsp3) is 0.500. The Labute approximate surface area is 169 Å². The van der Waals surface area contributed by atoms with Gasteiger partial charge in [0.25, 0.3) is 5.88 Å². The number of carbonyl (C=O) groups is 1. The van der Waals surface area contributed by atoms with Crippen LogP contribution in [0.3, 0.4) is 0 Å². The fourth-order valence-electron chi connectivity index (χ4n) is 3.15. The van der Waals surface area contributed by atoms with Crippen molar-refractivity contribution in [2.45, 2.75) is 26.4 Å². The molecule has 154 valence electrons. The number of aromatic nitrogens is 3. The van der Waals surface area contributed by atoms with Crippen molar-refractivity contribution in [2.24, 2.45) is 0 Å². The van der Waals surface area contributed by atoms with Gasteiger partial charge in [-0.15, -0.1) is 0 Å². The molecule has 0 bridgehead atoms. The maximum Gasteiger partial charge on any atom is 0.410 e. The third kappa shape index (κ3) is 4.49. The van der Waals surface area contributed by atoms with Gasteiger partial charge in [-0.2, -0.15) is 0 Å². The van der Waals surface area contributed by atoms with Crippen molar-refractivity contribution in [2.75, 3.05) is 44.3 Å². The highest BCUT2D eigenvalue weighted by Gasteiger charge is 2.27. The molecule has 0 radical (unpaired) electrons. The summed E-state index contributed by atoms with van der Waals surface area (Å²) in [5.41, 5.74) is 1.10. The third-order valence-corrected chi connectivity index (χ3v) is 4.55. The summed E-state index contributed by atoms with van der Waals surface area (Å²) in [6, 6.07) is 3.72. The molecule has 2 aromatic heterocycles. The summed E-state index contributed by atoms with van der Waals surface area (Å²) in [6.45, 7) is 9.03. The molecular weight excluding hydrogens is 374 g/mol. The van der Waals surface area contributed by atoms with Crippen molar-refractivity contribution in [1.29, 1.82) is 0 Å². The van der Waals surface area contributed by atoms with E-state index in [0.717, 1.165) is 11.3 Å². The molecule has 2 aliphatic rings. The summed E-state index contributed by atoms with van der Waals surface area (Å²) in [7, 11) is 0. The monoisotopic (exact) mass is 399 g/mol. The number of fused-ring (bicyclic) bond motifs is 1. The topological polar surface area (TPSA) is 89.9 Å². The van der Waals surface area contributed by atoms with Crippen LogP contribution in [-0.2, 0) is 4.74 Å². The van der Waals surface area contributed by atoms with E-state index in [-0.39, 0.29) is 6.09 Å². The van der Waals surface area contributed by atoms with Gasteiger partial charge in [-0.1, -0.05) is 0 Å². The van der Waals surface area contributed by atoms with Crippen molar-refractivity contribution in [3.8, 4) is 22.9 Å². The molecule has 9 heteroatoms. The molecule has 1 amide bonds. The third-order valence-electron chi connectivity index (χ3n) is 4.55. The average Bonchev–Trinajstić information content (AvgIpc) is 2.72. The van der Waals surface area contributed by atoms with Gasteiger partial charge >= 0.3 is 6.09 Å². The van der Waals surface area contributed by atoms with E-state index in [9.17, 15) is 4.79 Å². The van der Waals surface area contributed by atoms with Gasteiger partial charge in [-0.3, -0.25) is 0 Å². The van der Waals surface area contributed by atoms with Gasteiger partial charge in [0.1, 0.15) is 18.8 Å². The van der Waals surface area contributed by atoms with Crippen molar-refractivity contribution >= 4 is 12.0 Å². The summed E-state index contributed by atoms with van der Waals surface area (Å²) in [5.74, 6) is 1.76. The van der Waals surface area contributed by atoms with Gasteiger partial charge in [-0.25, -0.2) is 19.7 Å². The van der Waals surface area contributed by atoms with Crippen molar-refractivity contribution in [1.82, 2.24) is 19.9 Å². The van der Waals surface area contributed by atoms with Crippen LogP contribution in [-0.4, -0.2) is 70.9 Å². The smallest absolute Gasteiger partial charge is 0.410 e. The lowest BCUT2D eigenvalue weighted by Gasteiger charge is -2.35. The van der Waals surface area contributed by atoms with Crippen molar-refractivity contribution in [3.63, 3.8) is 0 Å². The summed E-state index contributed by atoms with van der Waals surface area (Å²) in [5, 5.41) is 0. The predicted molar refractivity (Wildman–Crippen MR) is 106 cm³/mol. The Morgan fingerprint density at radius 2 is 1.86 bits per heavy atom. The Bertz CT molecular complexity index is 891. The zero-order valence-electron chi connectivity index (χ0n) is 16.9. The van der Waals surface area contributed by atoms with Crippen LogP contribution in [0.5, 0.6) is 11.6 Å². The highest BCUT2D eigenvalue weighted by atomic mass is 16.6. The minimum Gasteiger partial charge on any atom is -0.484 e. The summed E-state index contributed by atoms with van der Waals surface area (Å²) in [6.07, 6.45) is 3.17. The predicted octanol–water partition coefficient (Wildman–Crippen LogP) is 2.37. The van der Waals surface area contributed by atoms with Crippen LogP contribution < -0.4 is 14.4 Å². The van der Waals surface area contributed by atoms with Gasteiger partial charge in [-0.05, 0) is 32.9 Å². The zero-order valence-corrected chi connectivity index (χ0v) is 16.9. The Morgan fingerprint density at radius 3 is 2.62 bits per heavy atom. The molecule has 2 aliphatic heterocycles. The number of anilines is 1. The highest BCUT2D eigenvalue weighted by molar-refractivity contribution is 5.68. The van der Waals surface area contributed by atoms with Crippen LogP contribution in [0, 0.1) is 0 Å². The molecule has 0 atom stereocenters. The maximum atomic E-state index is 12.2. The molecule has 1 saturated heterocycles. The molecule has 0 spiro atoms. The fourth-order valence-corrected chi connectivity index (χ4v) is 3.15. The lowest BCUT2D eigenvalue weighted by molar-refractivity contribution is 0.0240. The van der Waals surface area contributed by atoms with E-state index in [1.54, 1.807) is 17.3 Å². The largest absolute Gasteiger partial charge is 0.484 e. The van der Waals surface area contributed by atoms with Gasteiger partial charge < -0.3 is 24.0 Å². The van der Waals surface area contributed by atoms with Gasteiger partial charge in [0.05, 0.1) is 5.69 Å². The minimum atomic E-state index is -0.497. The summed E-state index contributed by atoms with van der Waals surface area (Å²) in [4.78, 5) is 29.4. The van der Waals surface area contributed by atoms with E-state index in [1.807, 2.05) is 32.9 Å². The first-order valence-corrected chi connectivity index (χ1v) is 9.71. The molecule has 4 rings (SSSR count).